The van der Waals surface area contributed by atoms with Gasteiger partial charge in [-0.1, -0.05) is 18.5 Å². The largest absolute Gasteiger partial charge is 0.391 e. The van der Waals surface area contributed by atoms with Gasteiger partial charge in [-0.2, -0.15) is 13.2 Å². The quantitative estimate of drug-likeness (QED) is 0.778. The summed E-state index contributed by atoms with van der Waals surface area (Å²) in [5, 5.41) is 0.225. The van der Waals surface area contributed by atoms with Gasteiger partial charge < -0.3 is 4.90 Å². The molecule has 0 unspecified atom stereocenters. The third kappa shape index (κ3) is 3.87. The minimum atomic E-state index is -4.18. The number of alkyl halides is 3. The van der Waals surface area contributed by atoms with Crippen molar-refractivity contribution in [2.24, 2.45) is 5.92 Å². The third-order valence-corrected chi connectivity index (χ3v) is 3.90. The van der Waals surface area contributed by atoms with E-state index < -0.39 is 12.1 Å². The molecule has 7 heteroatoms. The first-order valence-corrected chi connectivity index (χ1v) is 7.21. The molecular formula is C14H16ClF3N2O. The van der Waals surface area contributed by atoms with Crippen molar-refractivity contribution < 1.29 is 18.0 Å². The molecule has 1 fully saturated rings. The molecule has 116 valence electrons. The van der Waals surface area contributed by atoms with E-state index in [0.29, 0.717) is 17.7 Å². The number of hydrogen-bond donors (Lipinski definition) is 0. The summed E-state index contributed by atoms with van der Waals surface area (Å²) in [4.78, 5) is 17.9. The van der Waals surface area contributed by atoms with Gasteiger partial charge in [0.15, 0.2) is 0 Å². The fraction of sp³-hybridized carbons (Fsp3) is 0.571. The Bertz CT molecular complexity index is 525. The molecule has 1 aromatic heterocycles. The number of rotatable bonds is 2. The van der Waals surface area contributed by atoms with Gasteiger partial charge in [-0.05, 0) is 31.4 Å². The maximum atomic E-state index is 12.6. The van der Waals surface area contributed by atoms with Gasteiger partial charge in [-0.25, -0.2) is 4.98 Å². The van der Waals surface area contributed by atoms with Crippen molar-refractivity contribution in [3.8, 4) is 0 Å². The highest BCUT2D eigenvalue weighted by molar-refractivity contribution is 6.29. The van der Waals surface area contributed by atoms with E-state index in [1.165, 1.54) is 11.0 Å². The average Bonchev–Trinajstić information content (AvgIpc) is 2.45. The van der Waals surface area contributed by atoms with Crippen LogP contribution in [0.1, 0.15) is 35.8 Å². The topological polar surface area (TPSA) is 33.2 Å². The number of pyridine rings is 1. The van der Waals surface area contributed by atoms with E-state index in [0.717, 1.165) is 0 Å². The number of aryl methyl sites for hydroxylation is 1. The molecule has 0 spiro atoms. The smallest absolute Gasteiger partial charge is 0.339 e. The molecule has 0 saturated carbocycles. The minimum Gasteiger partial charge on any atom is -0.339 e. The predicted octanol–water partition coefficient (Wildman–Crippen LogP) is 3.71. The first kappa shape index (κ1) is 16.1. The lowest BCUT2D eigenvalue weighted by molar-refractivity contribution is -0.183. The summed E-state index contributed by atoms with van der Waals surface area (Å²) in [5.74, 6) is -1.59. The molecule has 1 aromatic rings. The van der Waals surface area contributed by atoms with Crippen LogP contribution in [0.15, 0.2) is 12.1 Å². The number of carbonyl (C=O) groups is 1. The van der Waals surface area contributed by atoms with E-state index in [-0.39, 0.29) is 37.0 Å². The number of nitrogens with zero attached hydrogens (tertiary/aromatic N) is 2. The molecule has 1 amide bonds. The summed E-state index contributed by atoms with van der Waals surface area (Å²) in [6.07, 6.45) is -3.63. The number of amides is 1. The first-order chi connectivity index (χ1) is 9.81. The second kappa shape index (κ2) is 6.22. The first-order valence-electron chi connectivity index (χ1n) is 6.83. The zero-order chi connectivity index (χ0) is 15.6. The summed E-state index contributed by atoms with van der Waals surface area (Å²) in [6.45, 7) is 2.12. The van der Waals surface area contributed by atoms with Crippen LogP contribution >= 0.6 is 11.6 Å². The Morgan fingerprint density at radius 1 is 1.38 bits per heavy atom. The number of carbonyl (C=O) groups excluding carboxylic acids is 1. The Balaban J connectivity index is 2.07. The predicted molar refractivity (Wildman–Crippen MR) is 73.3 cm³/mol. The third-order valence-electron chi connectivity index (χ3n) is 3.70. The Morgan fingerprint density at radius 2 is 2.00 bits per heavy atom. The second-order valence-electron chi connectivity index (χ2n) is 5.13. The van der Waals surface area contributed by atoms with Crippen LogP contribution in [0.25, 0.3) is 0 Å². The molecule has 2 rings (SSSR count). The number of aromatic nitrogens is 1. The van der Waals surface area contributed by atoms with Crippen LogP contribution in [0.4, 0.5) is 13.2 Å². The fourth-order valence-electron chi connectivity index (χ4n) is 2.45. The van der Waals surface area contributed by atoms with Crippen LogP contribution in [0.2, 0.25) is 5.15 Å². The normalized spacial score (nSPS) is 17.1. The van der Waals surface area contributed by atoms with Gasteiger partial charge in [0.1, 0.15) is 5.15 Å². The van der Waals surface area contributed by atoms with Gasteiger partial charge in [-0.3, -0.25) is 4.79 Å². The molecule has 0 aliphatic carbocycles. The standard InChI is InChI=1S/C14H16ClF3N2O/c1-2-11-7-9(8-12(15)19-11)13(21)20-5-3-10(4-6-20)14(16,17)18/h7-8,10H,2-6H2,1H3. The maximum Gasteiger partial charge on any atom is 0.391 e. The lowest BCUT2D eigenvalue weighted by Crippen LogP contribution is -2.42. The van der Waals surface area contributed by atoms with E-state index in [1.807, 2.05) is 6.92 Å². The van der Waals surface area contributed by atoms with E-state index in [4.69, 9.17) is 11.6 Å². The highest BCUT2D eigenvalue weighted by Crippen LogP contribution is 2.34. The van der Waals surface area contributed by atoms with Gasteiger partial charge in [0.05, 0.1) is 5.92 Å². The Labute approximate surface area is 126 Å². The van der Waals surface area contributed by atoms with Crippen molar-refractivity contribution in [3.63, 3.8) is 0 Å². The van der Waals surface area contributed by atoms with Gasteiger partial charge in [0.25, 0.3) is 5.91 Å². The summed E-state index contributed by atoms with van der Waals surface area (Å²) in [7, 11) is 0. The second-order valence-corrected chi connectivity index (χ2v) is 5.52. The van der Waals surface area contributed by atoms with E-state index in [1.54, 1.807) is 6.07 Å². The number of likely N-dealkylation sites (tertiary alicyclic amines) is 1. The molecule has 21 heavy (non-hydrogen) atoms. The average molecular weight is 321 g/mol. The van der Waals surface area contributed by atoms with Gasteiger partial charge >= 0.3 is 6.18 Å². The van der Waals surface area contributed by atoms with E-state index in [9.17, 15) is 18.0 Å². The van der Waals surface area contributed by atoms with Crippen molar-refractivity contribution in [1.82, 2.24) is 9.88 Å². The lowest BCUT2D eigenvalue weighted by Gasteiger charge is -2.33. The number of hydrogen-bond acceptors (Lipinski definition) is 2. The molecule has 1 aliphatic rings. The number of halogens is 4. The summed E-state index contributed by atoms with van der Waals surface area (Å²) in [6, 6.07) is 3.10. The Morgan fingerprint density at radius 3 is 2.52 bits per heavy atom. The SMILES string of the molecule is CCc1cc(C(=O)N2CCC(C(F)(F)F)CC2)cc(Cl)n1. The van der Waals surface area contributed by atoms with Crippen LogP contribution in [-0.2, 0) is 6.42 Å². The molecule has 3 nitrogen and oxygen atoms in total. The minimum absolute atomic E-state index is 0.0469. The van der Waals surface area contributed by atoms with Crippen molar-refractivity contribution in [2.75, 3.05) is 13.1 Å². The van der Waals surface area contributed by atoms with Crippen molar-refractivity contribution in [1.29, 1.82) is 0 Å². The van der Waals surface area contributed by atoms with Crippen molar-refractivity contribution in [2.45, 2.75) is 32.4 Å². The fourth-order valence-corrected chi connectivity index (χ4v) is 2.67. The highest BCUT2D eigenvalue weighted by Gasteiger charge is 2.41. The number of piperidine rings is 1. The molecule has 2 heterocycles. The summed E-state index contributed by atoms with van der Waals surface area (Å²) < 4.78 is 37.8. The molecule has 0 N–H and O–H groups in total. The molecule has 0 bridgehead atoms. The van der Waals surface area contributed by atoms with Crippen molar-refractivity contribution >= 4 is 17.5 Å². The molecule has 1 saturated heterocycles. The zero-order valence-electron chi connectivity index (χ0n) is 11.6. The Hall–Kier alpha value is -1.30. The van der Waals surface area contributed by atoms with Crippen LogP contribution in [-0.4, -0.2) is 35.1 Å². The molecule has 0 aromatic carbocycles. The molecule has 1 aliphatic heterocycles. The van der Waals surface area contributed by atoms with Gasteiger partial charge in [0.2, 0.25) is 0 Å². The van der Waals surface area contributed by atoms with Gasteiger partial charge in [-0.15, -0.1) is 0 Å². The summed E-state index contributed by atoms with van der Waals surface area (Å²) in [5.41, 5.74) is 1.08. The highest BCUT2D eigenvalue weighted by atomic mass is 35.5. The van der Waals surface area contributed by atoms with E-state index in [2.05, 4.69) is 4.98 Å². The Kier molecular flexibility index (Phi) is 4.76. The van der Waals surface area contributed by atoms with Crippen LogP contribution in [0.3, 0.4) is 0 Å². The van der Waals surface area contributed by atoms with Crippen LogP contribution in [0, 0.1) is 5.92 Å². The van der Waals surface area contributed by atoms with Crippen molar-refractivity contribution in [3.05, 3.63) is 28.5 Å². The maximum absolute atomic E-state index is 12.6. The van der Waals surface area contributed by atoms with E-state index >= 15 is 0 Å². The molecule has 0 atom stereocenters. The lowest BCUT2D eigenvalue weighted by atomic mass is 9.96. The molecular weight excluding hydrogens is 305 g/mol. The zero-order valence-corrected chi connectivity index (χ0v) is 12.3. The van der Waals surface area contributed by atoms with Gasteiger partial charge in [0, 0.05) is 24.3 Å². The van der Waals surface area contributed by atoms with Crippen LogP contribution in [0.5, 0.6) is 0 Å². The van der Waals surface area contributed by atoms with Crippen LogP contribution < -0.4 is 0 Å². The molecule has 0 radical (unpaired) electrons. The monoisotopic (exact) mass is 320 g/mol. The summed E-state index contributed by atoms with van der Waals surface area (Å²) >= 11 is 5.86.